The van der Waals surface area contributed by atoms with Crippen LogP contribution in [0.15, 0.2) is 65.1 Å². The van der Waals surface area contributed by atoms with Gasteiger partial charge in [0.25, 0.3) is 5.91 Å². The van der Waals surface area contributed by atoms with Crippen LogP contribution in [0.4, 0.5) is 5.69 Å². The average Bonchev–Trinajstić information content (AvgIpc) is 3.11. The van der Waals surface area contributed by atoms with E-state index in [1.54, 1.807) is 18.0 Å². The minimum Gasteiger partial charge on any atom is -0.321 e. The molecule has 24 heavy (non-hydrogen) atoms. The Morgan fingerprint density at radius 1 is 1.21 bits per heavy atom. The van der Waals surface area contributed by atoms with Crippen LogP contribution in [0.3, 0.4) is 0 Å². The molecule has 1 N–H and O–H groups in total. The van der Waals surface area contributed by atoms with Gasteiger partial charge in [0.1, 0.15) is 0 Å². The number of hydrogen-bond acceptors (Lipinski definition) is 4. The third kappa shape index (κ3) is 4.24. The van der Waals surface area contributed by atoms with Crippen LogP contribution in [0.25, 0.3) is 0 Å². The van der Waals surface area contributed by atoms with Crippen LogP contribution in [0.1, 0.15) is 27.7 Å². The van der Waals surface area contributed by atoms with Crippen molar-refractivity contribution in [3.05, 3.63) is 76.2 Å². The number of thioether (sulfide) groups is 1. The molecule has 0 aliphatic rings. The van der Waals surface area contributed by atoms with E-state index in [1.165, 1.54) is 21.8 Å². The second-order valence-electron chi connectivity index (χ2n) is 5.26. The molecule has 0 spiro atoms. The maximum absolute atomic E-state index is 12.3. The zero-order valence-electron chi connectivity index (χ0n) is 13.4. The Bertz CT molecular complexity index is 798. The van der Waals surface area contributed by atoms with Gasteiger partial charge in [-0.3, -0.25) is 9.78 Å². The number of pyridine rings is 1. The fraction of sp³-hybridized carbons (Fsp3) is 0.158. The zero-order valence-corrected chi connectivity index (χ0v) is 15.0. The lowest BCUT2D eigenvalue weighted by molar-refractivity contribution is 0.103. The highest BCUT2D eigenvalue weighted by Gasteiger charge is 2.12. The molecule has 3 aromatic rings. The van der Waals surface area contributed by atoms with Crippen LogP contribution in [-0.4, -0.2) is 10.9 Å². The molecule has 1 aromatic carbocycles. The topological polar surface area (TPSA) is 42.0 Å². The number of benzene rings is 1. The Kier molecular flexibility index (Phi) is 5.67. The van der Waals surface area contributed by atoms with Crippen molar-refractivity contribution in [3.63, 3.8) is 0 Å². The van der Waals surface area contributed by atoms with Gasteiger partial charge in [0.2, 0.25) is 0 Å². The predicted octanol–water partition coefficient (Wildman–Crippen LogP) is 5.25. The first-order chi connectivity index (χ1) is 11.8. The fourth-order valence-corrected chi connectivity index (χ4v) is 4.01. The second kappa shape index (κ2) is 8.13. The highest BCUT2D eigenvalue weighted by atomic mass is 32.2. The summed E-state index contributed by atoms with van der Waals surface area (Å²) in [5.41, 5.74) is 3.12. The number of carbonyl (C=O) groups is 1. The van der Waals surface area contributed by atoms with Gasteiger partial charge in [0, 0.05) is 28.7 Å². The molecular weight excluding hydrogens is 336 g/mol. The number of thiophene rings is 1. The highest BCUT2D eigenvalue weighted by molar-refractivity contribution is 7.98. The Labute approximate surface area is 150 Å². The number of carbonyl (C=O) groups excluding carboxylic acids is 1. The summed E-state index contributed by atoms with van der Waals surface area (Å²) in [6.45, 7) is 2.06. The minimum atomic E-state index is -0.0300. The Morgan fingerprint density at radius 3 is 2.75 bits per heavy atom. The van der Waals surface area contributed by atoms with Crippen LogP contribution in [0, 0.1) is 0 Å². The average molecular weight is 355 g/mol. The number of aromatic nitrogens is 1. The molecule has 3 nitrogen and oxygen atoms in total. The van der Waals surface area contributed by atoms with Crippen molar-refractivity contribution in [2.45, 2.75) is 24.0 Å². The monoisotopic (exact) mass is 354 g/mol. The molecular formula is C19H18N2OS2. The summed E-state index contributed by atoms with van der Waals surface area (Å²) in [5.74, 6) is 0.854. The number of aryl methyl sites for hydroxylation is 1. The van der Waals surface area contributed by atoms with Crippen molar-refractivity contribution < 1.29 is 4.79 Å². The predicted molar refractivity (Wildman–Crippen MR) is 102 cm³/mol. The molecule has 2 heterocycles. The third-order valence-corrected chi connectivity index (χ3v) is 5.61. The van der Waals surface area contributed by atoms with Gasteiger partial charge < -0.3 is 5.32 Å². The number of anilines is 1. The first kappa shape index (κ1) is 16.7. The number of hydrogen-bond donors (Lipinski definition) is 1. The molecule has 0 unspecified atom stereocenters. The molecule has 0 aliphatic heterocycles. The Balaban J connectivity index is 1.59. The van der Waals surface area contributed by atoms with E-state index in [0.29, 0.717) is 0 Å². The van der Waals surface area contributed by atoms with Gasteiger partial charge in [-0.25, -0.2) is 0 Å². The van der Waals surface area contributed by atoms with Crippen molar-refractivity contribution in [1.82, 2.24) is 4.98 Å². The van der Waals surface area contributed by atoms with Crippen LogP contribution in [-0.2, 0) is 12.2 Å². The summed E-state index contributed by atoms with van der Waals surface area (Å²) >= 11 is 3.24. The lowest BCUT2D eigenvalue weighted by atomic mass is 10.2. The molecule has 122 valence electrons. The number of nitrogens with one attached hydrogen (secondary N) is 1. The molecule has 0 atom stereocenters. The smallest absolute Gasteiger partial charge is 0.266 e. The lowest BCUT2D eigenvalue weighted by Gasteiger charge is -2.07. The molecule has 0 fully saturated rings. The second-order valence-corrected chi connectivity index (χ2v) is 7.22. The standard InChI is InChI=1S/C19H18N2OS2/c1-2-15-9-11-23-18(15)19(22)21-16-5-7-17(8-6-16)24-13-14-4-3-10-20-12-14/h3-12H,2,13H2,1H3,(H,21,22). The van der Waals surface area contributed by atoms with E-state index in [4.69, 9.17) is 0 Å². The first-order valence-electron chi connectivity index (χ1n) is 7.75. The van der Waals surface area contributed by atoms with Gasteiger partial charge in [0.15, 0.2) is 0 Å². The number of rotatable bonds is 6. The van der Waals surface area contributed by atoms with Crippen LogP contribution in [0.5, 0.6) is 0 Å². The highest BCUT2D eigenvalue weighted by Crippen LogP contribution is 2.25. The summed E-state index contributed by atoms with van der Waals surface area (Å²) in [5, 5.41) is 4.94. The minimum absolute atomic E-state index is 0.0300. The van der Waals surface area contributed by atoms with Gasteiger partial charge in [0.05, 0.1) is 4.88 Å². The van der Waals surface area contributed by atoms with Crippen molar-refractivity contribution in [2.75, 3.05) is 5.32 Å². The summed E-state index contributed by atoms with van der Waals surface area (Å²) in [6.07, 6.45) is 4.54. The van der Waals surface area contributed by atoms with E-state index in [0.717, 1.165) is 28.3 Å². The summed E-state index contributed by atoms with van der Waals surface area (Å²) in [6, 6.07) is 14.0. The number of amides is 1. The Morgan fingerprint density at radius 2 is 2.04 bits per heavy atom. The van der Waals surface area contributed by atoms with E-state index in [9.17, 15) is 4.79 Å². The van der Waals surface area contributed by atoms with Crippen molar-refractivity contribution in [1.29, 1.82) is 0 Å². The molecule has 0 bridgehead atoms. The largest absolute Gasteiger partial charge is 0.321 e. The van der Waals surface area contributed by atoms with Gasteiger partial charge in [-0.15, -0.1) is 23.1 Å². The number of nitrogens with zero attached hydrogens (tertiary/aromatic N) is 1. The van der Waals surface area contributed by atoms with Crippen molar-refractivity contribution >= 4 is 34.7 Å². The lowest BCUT2D eigenvalue weighted by Crippen LogP contribution is -2.11. The Hall–Kier alpha value is -2.11. The molecule has 3 rings (SSSR count). The maximum atomic E-state index is 12.3. The van der Waals surface area contributed by atoms with Gasteiger partial charge >= 0.3 is 0 Å². The van der Waals surface area contributed by atoms with Crippen LogP contribution >= 0.6 is 23.1 Å². The van der Waals surface area contributed by atoms with Crippen molar-refractivity contribution in [3.8, 4) is 0 Å². The molecule has 1 amide bonds. The van der Waals surface area contributed by atoms with Gasteiger partial charge in [-0.1, -0.05) is 13.0 Å². The van der Waals surface area contributed by atoms with E-state index in [2.05, 4.69) is 23.3 Å². The summed E-state index contributed by atoms with van der Waals surface area (Å²) in [4.78, 5) is 18.4. The SMILES string of the molecule is CCc1ccsc1C(=O)Nc1ccc(SCc2cccnc2)cc1. The molecule has 0 saturated heterocycles. The van der Waals surface area contributed by atoms with E-state index < -0.39 is 0 Å². The van der Waals surface area contributed by atoms with Gasteiger partial charge in [-0.2, -0.15) is 0 Å². The normalized spacial score (nSPS) is 10.5. The van der Waals surface area contributed by atoms with Crippen molar-refractivity contribution in [2.24, 2.45) is 0 Å². The molecule has 0 saturated carbocycles. The molecule has 0 radical (unpaired) electrons. The quantitative estimate of drug-likeness (QED) is 0.615. The van der Waals surface area contributed by atoms with Crippen LogP contribution in [0.2, 0.25) is 0 Å². The summed E-state index contributed by atoms with van der Waals surface area (Å²) < 4.78 is 0. The van der Waals surface area contributed by atoms with Gasteiger partial charge in [-0.05, 0) is 59.3 Å². The van der Waals surface area contributed by atoms with Crippen LogP contribution < -0.4 is 5.32 Å². The van der Waals surface area contributed by atoms with E-state index in [-0.39, 0.29) is 5.91 Å². The third-order valence-electron chi connectivity index (χ3n) is 3.57. The van der Waals surface area contributed by atoms with E-state index >= 15 is 0 Å². The van der Waals surface area contributed by atoms with E-state index in [1.807, 2.05) is 48.0 Å². The first-order valence-corrected chi connectivity index (χ1v) is 9.62. The zero-order chi connectivity index (χ0) is 16.8. The molecule has 2 aromatic heterocycles. The maximum Gasteiger partial charge on any atom is 0.266 e. The fourth-order valence-electron chi connectivity index (χ4n) is 2.29. The molecule has 5 heteroatoms. The molecule has 0 aliphatic carbocycles. The summed E-state index contributed by atoms with van der Waals surface area (Å²) in [7, 11) is 0.